The third-order valence-electron chi connectivity index (χ3n) is 4.92. The second kappa shape index (κ2) is 9.06. The lowest BCUT2D eigenvalue weighted by molar-refractivity contribution is -0.119. The van der Waals surface area contributed by atoms with Crippen LogP contribution < -0.4 is 4.90 Å². The predicted molar refractivity (Wildman–Crippen MR) is 114 cm³/mol. The number of carboxylic acids is 1. The molecule has 3 aromatic rings. The van der Waals surface area contributed by atoms with Gasteiger partial charge in [0.2, 0.25) is 5.91 Å². The molecule has 0 spiro atoms. The van der Waals surface area contributed by atoms with Gasteiger partial charge in [0, 0.05) is 12.2 Å². The molecule has 0 aliphatic heterocycles. The van der Waals surface area contributed by atoms with Crippen molar-refractivity contribution in [2.24, 2.45) is 0 Å². The van der Waals surface area contributed by atoms with Crippen molar-refractivity contribution in [2.75, 3.05) is 11.4 Å². The fourth-order valence-electron chi connectivity index (χ4n) is 3.36. The second-order valence-electron chi connectivity index (χ2n) is 7.03. The molecule has 0 aliphatic rings. The maximum Gasteiger partial charge on any atom is 0.352 e. The van der Waals surface area contributed by atoms with E-state index in [1.54, 1.807) is 15.5 Å². The first kappa shape index (κ1) is 20.1. The number of nitrogens with zero attached hydrogens (tertiary/aromatic N) is 2. The van der Waals surface area contributed by atoms with Crippen molar-refractivity contribution in [1.82, 2.24) is 4.57 Å². The van der Waals surface area contributed by atoms with E-state index in [0.29, 0.717) is 6.54 Å². The number of hydrogen-bond donors (Lipinski definition) is 1. The summed E-state index contributed by atoms with van der Waals surface area (Å²) in [6.07, 6.45) is 4.29. The summed E-state index contributed by atoms with van der Waals surface area (Å²) in [6.45, 7) is 4.83. The number of carboxylic acid groups (broad SMARTS) is 1. The number of aromatic carboxylic acids is 1. The van der Waals surface area contributed by atoms with Crippen LogP contribution in [0.4, 0.5) is 5.69 Å². The van der Waals surface area contributed by atoms with Gasteiger partial charge in [-0.15, -0.1) is 11.3 Å². The molecule has 5 nitrogen and oxygen atoms in total. The normalized spacial score (nSPS) is 11.1. The molecule has 0 saturated heterocycles. The Balaban J connectivity index is 1.86. The molecule has 3 rings (SSSR count). The highest BCUT2D eigenvalue weighted by Crippen LogP contribution is 2.26. The predicted octanol–water partition coefficient (Wildman–Crippen LogP) is 5.32. The van der Waals surface area contributed by atoms with Gasteiger partial charge in [-0.05, 0) is 43.0 Å². The van der Waals surface area contributed by atoms with Crippen LogP contribution in [0.5, 0.6) is 0 Å². The summed E-state index contributed by atoms with van der Waals surface area (Å²) in [5, 5.41) is 11.5. The summed E-state index contributed by atoms with van der Waals surface area (Å²) < 4.78 is 2.50. The molecule has 0 atom stereocenters. The number of carbonyl (C=O) groups is 2. The molecule has 148 valence electrons. The number of thiophene rings is 1. The van der Waals surface area contributed by atoms with E-state index in [1.165, 1.54) is 11.3 Å². The van der Waals surface area contributed by atoms with Crippen LogP contribution in [-0.4, -0.2) is 28.1 Å². The van der Waals surface area contributed by atoms with Crippen LogP contribution in [0.1, 0.15) is 48.7 Å². The van der Waals surface area contributed by atoms with Crippen molar-refractivity contribution >= 4 is 39.1 Å². The van der Waals surface area contributed by atoms with Gasteiger partial charge in [-0.3, -0.25) is 4.79 Å². The van der Waals surface area contributed by atoms with Gasteiger partial charge in [-0.1, -0.05) is 43.9 Å². The molecule has 0 radical (unpaired) electrons. The largest absolute Gasteiger partial charge is 0.477 e. The average molecular weight is 399 g/mol. The zero-order valence-corrected chi connectivity index (χ0v) is 17.2. The molecule has 2 heterocycles. The van der Waals surface area contributed by atoms with Crippen molar-refractivity contribution in [2.45, 2.75) is 46.1 Å². The number of unbranched alkanes of at least 4 members (excludes halogenated alkanes) is 3. The van der Waals surface area contributed by atoms with Crippen LogP contribution in [0, 0.1) is 6.92 Å². The molecule has 28 heavy (non-hydrogen) atoms. The number of aryl methyl sites for hydroxylation is 1. The van der Waals surface area contributed by atoms with Crippen molar-refractivity contribution in [3.63, 3.8) is 0 Å². The SMILES string of the molecule is CCCCCCN(C(=O)Cn1c(C(=O)O)cc2sccc21)c1ccc(C)cc1. The molecule has 6 heteroatoms. The van der Waals surface area contributed by atoms with E-state index in [9.17, 15) is 14.7 Å². The topological polar surface area (TPSA) is 62.5 Å². The molecule has 1 amide bonds. The molecule has 1 aromatic carbocycles. The molecule has 0 saturated carbocycles. The lowest BCUT2D eigenvalue weighted by Crippen LogP contribution is -2.35. The van der Waals surface area contributed by atoms with Gasteiger partial charge in [0.1, 0.15) is 12.2 Å². The molecule has 0 bridgehead atoms. The Labute approximate surface area is 169 Å². The maximum absolute atomic E-state index is 13.2. The van der Waals surface area contributed by atoms with Crippen LogP contribution >= 0.6 is 11.3 Å². The van der Waals surface area contributed by atoms with Crippen molar-refractivity contribution in [1.29, 1.82) is 0 Å². The van der Waals surface area contributed by atoms with E-state index in [-0.39, 0.29) is 18.1 Å². The Morgan fingerprint density at radius 2 is 1.86 bits per heavy atom. The number of fused-ring (bicyclic) bond motifs is 1. The Morgan fingerprint density at radius 1 is 1.11 bits per heavy atom. The number of aromatic nitrogens is 1. The van der Waals surface area contributed by atoms with Crippen LogP contribution in [0.15, 0.2) is 41.8 Å². The van der Waals surface area contributed by atoms with Crippen molar-refractivity contribution < 1.29 is 14.7 Å². The zero-order chi connectivity index (χ0) is 20.1. The molecule has 0 unspecified atom stereocenters. The third-order valence-corrected chi connectivity index (χ3v) is 5.77. The summed E-state index contributed by atoms with van der Waals surface area (Å²) in [6, 6.07) is 11.4. The van der Waals surface area contributed by atoms with E-state index in [1.807, 2.05) is 42.6 Å². The highest BCUT2D eigenvalue weighted by Gasteiger charge is 2.21. The van der Waals surface area contributed by atoms with E-state index in [4.69, 9.17) is 0 Å². The average Bonchev–Trinajstić information content (AvgIpc) is 3.25. The number of rotatable bonds is 9. The molecular formula is C22H26N2O3S. The number of hydrogen-bond acceptors (Lipinski definition) is 3. The first-order valence-electron chi connectivity index (χ1n) is 9.68. The Bertz CT molecular complexity index is 956. The van der Waals surface area contributed by atoms with Gasteiger partial charge in [-0.25, -0.2) is 4.79 Å². The summed E-state index contributed by atoms with van der Waals surface area (Å²) in [5.74, 6) is -1.10. The smallest absolute Gasteiger partial charge is 0.352 e. The van der Waals surface area contributed by atoms with Gasteiger partial charge >= 0.3 is 5.97 Å². The van der Waals surface area contributed by atoms with Gasteiger partial charge in [-0.2, -0.15) is 0 Å². The standard InChI is InChI=1S/C22H26N2O3S/c1-3-4-5-6-12-23(17-9-7-16(2)8-10-17)21(25)15-24-18-11-13-28-20(18)14-19(24)22(26)27/h7-11,13-14H,3-6,12,15H2,1-2H3,(H,26,27). The van der Waals surface area contributed by atoms with Gasteiger partial charge in [0.05, 0.1) is 10.2 Å². The molecule has 0 fully saturated rings. The number of amides is 1. The van der Waals surface area contributed by atoms with Gasteiger partial charge in [0.15, 0.2) is 0 Å². The highest BCUT2D eigenvalue weighted by atomic mass is 32.1. The monoisotopic (exact) mass is 398 g/mol. The van der Waals surface area contributed by atoms with E-state index in [0.717, 1.165) is 47.2 Å². The highest BCUT2D eigenvalue weighted by molar-refractivity contribution is 7.17. The van der Waals surface area contributed by atoms with Gasteiger partial charge in [0.25, 0.3) is 0 Å². The minimum absolute atomic E-state index is 0.0174. The summed E-state index contributed by atoms with van der Waals surface area (Å²) in [4.78, 5) is 26.7. The summed E-state index contributed by atoms with van der Waals surface area (Å²) in [7, 11) is 0. The van der Waals surface area contributed by atoms with Crippen LogP contribution in [0.3, 0.4) is 0 Å². The second-order valence-corrected chi connectivity index (χ2v) is 7.98. The lowest BCUT2D eigenvalue weighted by Gasteiger charge is -2.24. The number of carbonyl (C=O) groups excluding carboxylic acids is 1. The Morgan fingerprint density at radius 3 is 2.54 bits per heavy atom. The summed E-state index contributed by atoms with van der Waals surface area (Å²) >= 11 is 1.48. The first-order chi connectivity index (χ1) is 13.5. The van der Waals surface area contributed by atoms with E-state index >= 15 is 0 Å². The van der Waals surface area contributed by atoms with Crippen molar-refractivity contribution in [3.8, 4) is 0 Å². The molecule has 2 aromatic heterocycles. The Kier molecular flexibility index (Phi) is 6.52. The van der Waals surface area contributed by atoms with Crippen LogP contribution in [-0.2, 0) is 11.3 Å². The fraction of sp³-hybridized carbons (Fsp3) is 0.364. The lowest BCUT2D eigenvalue weighted by atomic mass is 10.1. The van der Waals surface area contributed by atoms with Crippen LogP contribution in [0.2, 0.25) is 0 Å². The quantitative estimate of drug-likeness (QED) is 0.496. The van der Waals surface area contributed by atoms with Crippen LogP contribution in [0.25, 0.3) is 10.2 Å². The Hall–Kier alpha value is -2.60. The zero-order valence-electron chi connectivity index (χ0n) is 16.4. The fourth-order valence-corrected chi connectivity index (χ4v) is 4.19. The molecule has 0 aliphatic carbocycles. The number of benzene rings is 1. The van der Waals surface area contributed by atoms with E-state index in [2.05, 4.69) is 6.92 Å². The van der Waals surface area contributed by atoms with Crippen molar-refractivity contribution in [3.05, 3.63) is 53.0 Å². The van der Waals surface area contributed by atoms with Gasteiger partial charge < -0.3 is 14.6 Å². The minimum atomic E-state index is -1.01. The summed E-state index contributed by atoms with van der Waals surface area (Å²) in [5.41, 5.74) is 2.95. The first-order valence-corrected chi connectivity index (χ1v) is 10.6. The molecule has 1 N–H and O–H groups in total. The minimum Gasteiger partial charge on any atom is -0.477 e. The maximum atomic E-state index is 13.2. The third kappa shape index (κ3) is 4.44. The molecular weight excluding hydrogens is 372 g/mol. The van der Waals surface area contributed by atoms with E-state index < -0.39 is 5.97 Å². The number of anilines is 1.